The van der Waals surface area contributed by atoms with Crippen LogP contribution < -0.4 is 10.6 Å². The Labute approximate surface area is 100 Å². The van der Waals surface area contributed by atoms with Crippen LogP contribution in [-0.2, 0) is 0 Å². The number of hydrogen-bond donors (Lipinski definition) is 2. The van der Waals surface area contributed by atoms with Gasteiger partial charge in [-0.05, 0) is 25.3 Å². The van der Waals surface area contributed by atoms with Gasteiger partial charge in [0.2, 0.25) is 0 Å². The van der Waals surface area contributed by atoms with Crippen LogP contribution in [0.4, 0.5) is 11.5 Å². The second-order valence-electron chi connectivity index (χ2n) is 4.74. The quantitative estimate of drug-likeness (QED) is 0.813. The zero-order chi connectivity index (χ0) is 12.6. The highest BCUT2D eigenvalue weighted by Crippen LogP contribution is 2.32. The van der Waals surface area contributed by atoms with Crippen molar-refractivity contribution in [1.82, 2.24) is 4.98 Å². The van der Waals surface area contributed by atoms with E-state index in [4.69, 9.17) is 10.8 Å². The number of rotatable bonds is 2. The highest BCUT2D eigenvalue weighted by molar-refractivity contribution is 5.96. The average Bonchev–Trinajstić information content (AvgIpc) is 2.57. The number of aromatic carboxylic acids is 1. The molecule has 92 valence electrons. The van der Waals surface area contributed by atoms with Gasteiger partial charge in [-0.3, -0.25) is 0 Å². The molecule has 5 nitrogen and oxygen atoms in total. The lowest BCUT2D eigenvalue weighted by Gasteiger charge is -2.24. The summed E-state index contributed by atoms with van der Waals surface area (Å²) in [5.74, 6) is 0.174. The number of carbonyl (C=O) groups is 1. The van der Waals surface area contributed by atoms with Crippen LogP contribution in [0.2, 0.25) is 0 Å². The van der Waals surface area contributed by atoms with Gasteiger partial charge in [-0.1, -0.05) is 6.92 Å². The van der Waals surface area contributed by atoms with Crippen molar-refractivity contribution in [2.75, 3.05) is 17.2 Å². The monoisotopic (exact) mass is 235 g/mol. The van der Waals surface area contributed by atoms with Gasteiger partial charge < -0.3 is 15.7 Å². The topological polar surface area (TPSA) is 79.5 Å². The molecule has 1 aromatic heterocycles. The Morgan fingerprint density at radius 1 is 1.59 bits per heavy atom. The summed E-state index contributed by atoms with van der Waals surface area (Å²) in [4.78, 5) is 17.3. The minimum absolute atomic E-state index is 0.127. The Morgan fingerprint density at radius 3 is 2.82 bits per heavy atom. The second-order valence-corrected chi connectivity index (χ2v) is 4.74. The fourth-order valence-electron chi connectivity index (χ4n) is 2.47. The van der Waals surface area contributed by atoms with Crippen LogP contribution in [0.25, 0.3) is 0 Å². The summed E-state index contributed by atoms with van der Waals surface area (Å²) in [6.07, 6.45) is 2.59. The molecular formula is C12H17N3O2. The first-order chi connectivity index (χ1) is 8.00. The van der Waals surface area contributed by atoms with Crippen molar-refractivity contribution in [3.8, 4) is 0 Å². The number of carboxylic acids is 1. The van der Waals surface area contributed by atoms with Crippen LogP contribution in [0.15, 0.2) is 12.3 Å². The van der Waals surface area contributed by atoms with Crippen molar-refractivity contribution in [3.63, 3.8) is 0 Å². The van der Waals surface area contributed by atoms with E-state index in [1.165, 1.54) is 12.3 Å². The molecule has 1 saturated heterocycles. The number of hydrogen-bond acceptors (Lipinski definition) is 4. The van der Waals surface area contributed by atoms with Gasteiger partial charge in [0.15, 0.2) is 5.82 Å². The molecule has 1 aliphatic rings. The van der Waals surface area contributed by atoms with Crippen molar-refractivity contribution in [2.24, 2.45) is 5.92 Å². The Morgan fingerprint density at radius 2 is 2.29 bits per heavy atom. The predicted octanol–water partition coefficient (Wildman–Crippen LogP) is 1.60. The van der Waals surface area contributed by atoms with Crippen molar-refractivity contribution < 1.29 is 9.90 Å². The third-order valence-electron chi connectivity index (χ3n) is 3.26. The molecule has 0 aliphatic carbocycles. The van der Waals surface area contributed by atoms with E-state index in [-0.39, 0.29) is 11.3 Å². The number of nitrogens with zero attached hydrogens (tertiary/aromatic N) is 2. The zero-order valence-electron chi connectivity index (χ0n) is 10.1. The maximum Gasteiger partial charge on any atom is 0.337 e. The Bertz CT molecular complexity index is 447. The molecule has 0 aromatic carbocycles. The predicted molar refractivity (Wildman–Crippen MR) is 66.2 cm³/mol. The van der Waals surface area contributed by atoms with E-state index in [0.717, 1.165) is 13.0 Å². The van der Waals surface area contributed by atoms with E-state index in [1.54, 1.807) is 0 Å². The molecule has 17 heavy (non-hydrogen) atoms. The van der Waals surface area contributed by atoms with Gasteiger partial charge in [-0.25, -0.2) is 9.78 Å². The first-order valence-electron chi connectivity index (χ1n) is 5.75. The first kappa shape index (κ1) is 11.7. The summed E-state index contributed by atoms with van der Waals surface area (Å²) in [6, 6.07) is 1.79. The SMILES string of the molecule is CC1CC(C)N(c2nccc(C(=O)O)c2N)C1. The van der Waals surface area contributed by atoms with E-state index in [1.807, 2.05) is 0 Å². The molecule has 3 N–H and O–H groups in total. The van der Waals surface area contributed by atoms with Gasteiger partial charge in [0.05, 0.1) is 11.3 Å². The molecule has 2 unspecified atom stereocenters. The van der Waals surface area contributed by atoms with Gasteiger partial charge in [0.1, 0.15) is 0 Å². The number of nitrogen functional groups attached to an aromatic ring is 1. The van der Waals surface area contributed by atoms with E-state index in [9.17, 15) is 4.79 Å². The van der Waals surface area contributed by atoms with E-state index in [2.05, 4.69) is 23.7 Å². The lowest BCUT2D eigenvalue weighted by Crippen LogP contribution is -2.29. The van der Waals surface area contributed by atoms with Gasteiger partial charge >= 0.3 is 5.97 Å². The van der Waals surface area contributed by atoms with E-state index < -0.39 is 5.97 Å². The molecule has 0 spiro atoms. The maximum absolute atomic E-state index is 11.0. The molecule has 0 saturated carbocycles. The van der Waals surface area contributed by atoms with Gasteiger partial charge in [0, 0.05) is 18.8 Å². The van der Waals surface area contributed by atoms with Crippen molar-refractivity contribution in [3.05, 3.63) is 17.8 Å². The summed E-state index contributed by atoms with van der Waals surface area (Å²) in [5, 5.41) is 9.02. The molecule has 1 aliphatic heterocycles. The normalized spacial score (nSPS) is 24.0. The molecule has 2 rings (SSSR count). The number of anilines is 2. The van der Waals surface area contributed by atoms with Crippen molar-refractivity contribution in [1.29, 1.82) is 0 Å². The Balaban J connectivity index is 2.39. The molecule has 1 fully saturated rings. The lowest BCUT2D eigenvalue weighted by molar-refractivity contribution is 0.0698. The van der Waals surface area contributed by atoms with Crippen molar-refractivity contribution in [2.45, 2.75) is 26.3 Å². The fraction of sp³-hybridized carbons (Fsp3) is 0.500. The summed E-state index contributed by atoms with van der Waals surface area (Å²) in [6.45, 7) is 5.16. The summed E-state index contributed by atoms with van der Waals surface area (Å²) in [7, 11) is 0. The van der Waals surface area contributed by atoms with Crippen LogP contribution in [0.1, 0.15) is 30.6 Å². The number of nitrogens with two attached hydrogens (primary N) is 1. The van der Waals surface area contributed by atoms with Crippen molar-refractivity contribution >= 4 is 17.5 Å². The molecule has 0 radical (unpaired) electrons. The Hall–Kier alpha value is -1.78. The third-order valence-corrected chi connectivity index (χ3v) is 3.26. The lowest BCUT2D eigenvalue weighted by atomic mass is 10.1. The minimum Gasteiger partial charge on any atom is -0.478 e. The molecular weight excluding hydrogens is 218 g/mol. The smallest absolute Gasteiger partial charge is 0.337 e. The van der Waals surface area contributed by atoms with Gasteiger partial charge in [0.25, 0.3) is 0 Å². The molecule has 2 atom stereocenters. The maximum atomic E-state index is 11.0. The Kier molecular flexibility index (Phi) is 2.92. The van der Waals surface area contributed by atoms with Crippen LogP contribution in [0.5, 0.6) is 0 Å². The fourth-order valence-corrected chi connectivity index (χ4v) is 2.47. The second kappa shape index (κ2) is 4.24. The summed E-state index contributed by atoms with van der Waals surface area (Å²) < 4.78 is 0. The first-order valence-corrected chi connectivity index (χ1v) is 5.75. The highest BCUT2D eigenvalue weighted by Gasteiger charge is 2.29. The van der Waals surface area contributed by atoms with E-state index in [0.29, 0.717) is 17.8 Å². The van der Waals surface area contributed by atoms with E-state index >= 15 is 0 Å². The van der Waals surface area contributed by atoms with Crippen LogP contribution in [0.3, 0.4) is 0 Å². The average molecular weight is 235 g/mol. The number of pyridine rings is 1. The summed E-state index contributed by atoms with van der Waals surface area (Å²) >= 11 is 0. The summed E-state index contributed by atoms with van der Waals surface area (Å²) in [5.41, 5.74) is 6.28. The zero-order valence-corrected chi connectivity index (χ0v) is 10.1. The molecule has 0 amide bonds. The van der Waals surface area contributed by atoms with Gasteiger partial charge in [-0.15, -0.1) is 0 Å². The largest absolute Gasteiger partial charge is 0.478 e. The minimum atomic E-state index is -1.01. The highest BCUT2D eigenvalue weighted by atomic mass is 16.4. The molecule has 1 aromatic rings. The number of carboxylic acid groups (broad SMARTS) is 1. The number of aromatic nitrogens is 1. The third kappa shape index (κ3) is 2.05. The van der Waals surface area contributed by atoms with Gasteiger partial charge in [-0.2, -0.15) is 0 Å². The molecule has 2 heterocycles. The molecule has 0 bridgehead atoms. The standard InChI is InChI=1S/C12H17N3O2/c1-7-5-8(2)15(6-7)11-10(13)9(12(16)17)3-4-14-11/h3-4,7-8H,5-6,13H2,1-2H3,(H,16,17). The molecule has 5 heteroatoms. The van der Waals surface area contributed by atoms with Crippen LogP contribution in [0, 0.1) is 5.92 Å². The van der Waals surface area contributed by atoms with Crippen LogP contribution >= 0.6 is 0 Å². The van der Waals surface area contributed by atoms with Crippen LogP contribution in [-0.4, -0.2) is 28.6 Å².